The van der Waals surface area contributed by atoms with Crippen molar-refractivity contribution in [1.29, 1.82) is 0 Å². The smallest absolute Gasteiger partial charge is 0.123 e. The van der Waals surface area contributed by atoms with Crippen LogP contribution in [0.2, 0.25) is 0 Å². The molecule has 0 radical (unpaired) electrons. The average molecular weight is 220 g/mol. The summed E-state index contributed by atoms with van der Waals surface area (Å²) in [5.74, 6) is 0.958. The van der Waals surface area contributed by atoms with E-state index in [0.29, 0.717) is 6.54 Å². The summed E-state index contributed by atoms with van der Waals surface area (Å²) in [5, 5.41) is 11.4. The first-order chi connectivity index (χ1) is 7.66. The number of nitrogens with one attached hydrogen (secondary N) is 1. The van der Waals surface area contributed by atoms with E-state index in [1.165, 1.54) is 0 Å². The van der Waals surface area contributed by atoms with Crippen molar-refractivity contribution in [2.24, 2.45) is 19.8 Å². The third-order valence-electron chi connectivity index (χ3n) is 2.48. The minimum atomic E-state index is -0.0661. The molecule has 2 heterocycles. The maximum atomic E-state index is 6.03. The van der Waals surface area contributed by atoms with Crippen LogP contribution in [-0.2, 0) is 14.1 Å². The Balaban J connectivity index is 1.93. The first-order valence-electron chi connectivity index (χ1n) is 5.13. The van der Waals surface area contributed by atoms with Crippen molar-refractivity contribution in [2.45, 2.75) is 6.04 Å². The molecule has 2 aromatic heterocycles. The highest BCUT2D eigenvalue weighted by atomic mass is 15.3. The Bertz CT molecular complexity index is 457. The summed E-state index contributed by atoms with van der Waals surface area (Å²) in [6, 6.07) is 1.85. The molecule has 86 valence electrons. The lowest BCUT2D eigenvalue weighted by molar-refractivity contribution is 0.727. The number of rotatable bonds is 4. The molecule has 0 saturated carbocycles. The van der Waals surface area contributed by atoms with E-state index in [4.69, 9.17) is 5.73 Å². The second kappa shape index (κ2) is 4.36. The minimum Gasteiger partial charge on any atom is -0.368 e. The fourth-order valence-electron chi connectivity index (χ4n) is 1.51. The highest BCUT2D eigenvalue weighted by Gasteiger charge is 2.08. The van der Waals surface area contributed by atoms with Gasteiger partial charge in [0.05, 0.1) is 18.4 Å². The molecule has 1 unspecified atom stereocenters. The normalized spacial score (nSPS) is 12.7. The lowest BCUT2D eigenvalue weighted by Crippen LogP contribution is -2.21. The zero-order valence-corrected chi connectivity index (χ0v) is 9.46. The van der Waals surface area contributed by atoms with Crippen LogP contribution < -0.4 is 11.1 Å². The molecule has 0 bridgehead atoms. The third-order valence-corrected chi connectivity index (χ3v) is 2.48. The van der Waals surface area contributed by atoms with Gasteiger partial charge in [-0.1, -0.05) is 0 Å². The van der Waals surface area contributed by atoms with E-state index in [2.05, 4.69) is 15.5 Å². The summed E-state index contributed by atoms with van der Waals surface area (Å²) in [5.41, 5.74) is 7.05. The van der Waals surface area contributed by atoms with E-state index < -0.39 is 0 Å². The van der Waals surface area contributed by atoms with Crippen molar-refractivity contribution in [1.82, 2.24) is 19.6 Å². The molecule has 2 aromatic rings. The van der Waals surface area contributed by atoms with Crippen molar-refractivity contribution < 1.29 is 0 Å². The minimum absolute atomic E-state index is 0.0661. The van der Waals surface area contributed by atoms with Crippen LogP contribution in [0.25, 0.3) is 0 Å². The lowest BCUT2D eigenvalue weighted by Gasteiger charge is -2.11. The summed E-state index contributed by atoms with van der Waals surface area (Å²) in [7, 11) is 3.77. The molecule has 6 nitrogen and oxygen atoms in total. The zero-order chi connectivity index (χ0) is 11.5. The quantitative estimate of drug-likeness (QED) is 0.775. The Morgan fingerprint density at radius 3 is 2.81 bits per heavy atom. The van der Waals surface area contributed by atoms with E-state index in [9.17, 15) is 0 Å². The second-order valence-electron chi connectivity index (χ2n) is 3.77. The molecule has 2 rings (SSSR count). The highest BCUT2D eigenvalue weighted by molar-refractivity contribution is 5.34. The number of nitrogens with two attached hydrogens (primary N) is 1. The Hall–Kier alpha value is -1.82. The standard InChI is InChI=1S/C10H16N6/c1-15-7-8(5-14-15)9(11)6-12-10-3-4-13-16(10)2/h3-5,7,9,12H,6,11H2,1-2H3. The maximum Gasteiger partial charge on any atom is 0.123 e. The molecule has 16 heavy (non-hydrogen) atoms. The van der Waals surface area contributed by atoms with Crippen molar-refractivity contribution >= 4 is 5.82 Å². The van der Waals surface area contributed by atoms with Gasteiger partial charge in [0.1, 0.15) is 5.82 Å². The van der Waals surface area contributed by atoms with E-state index >= 15 is 0 Å². The average Bonchev–Trinajstić information content (AvgIpc) is 2.84. The largest absolute Gasteiger partial charge is 0.368 e. The van der Waals surface area contributed by atoms with Gasteiger partial charge >= 0.3 is 0 Å². The fraction of sp³-hybridized carbons (Fsp3) is 0.400. The second-order valence-corrected chi connectivity index (χ2v) is 3.77. The number of anilines is 1. The Morgan fingerprint density at radius 2 is 2.25 bits per heavy atom. The van der Waals surface area contributed by atoms with Crippen LogP contribution in [0.1, 0.15) is 11.6 Å². The molecule has 6 heteroatoms. The lowest BCUT2D eigenvalue weighted by atomic mass is 10.2. The number of aryl methyl sites for hydroxylation is 2. The summed E-state index contributed by atoms with van der Waals surface area (Å²) < 4.78 is 3.52. The summed E-state index contributed by atoms with van der Waals surface area (Å²) in [6.45, 7) is 0.658. The molecule has 0 aliphatic carbocycles. The number of hydrogen-bond acceptors (Lipinski definition) is 4. The Morgan fingerprint density at radius 1 is 1.44 bits per heavy atom. The molecular weight excluding hydrogens is 204 g/mol. The van der Waals surface area contributed by atoms with Crippen molar-refractivity contribution in [2.75, 3.05) is 11.9 Å². The van der Waals surface area contributed by atoms with Gasteiger partial charge in [0, 0.05) is 38.5 Å². The maximum absolute atomic E-state index is 6.03. The monoisotopic (exact) mass is 220 g/mol. The number of hydrogen-bond donors (Lipinski definition) is 2. The van der Waals surface area contributed by atoms with Crippen molar-refractivity contribution in [3.8, 4) is 0 Å². The highest BCUT2D eigenvalue weighted by Crippen LogP contribution is 2.10. The van der Waals surface area contributed by atoms with Crippen LogP contribution in [0.5, 0.6) is 0 Å². The van der Waals surface area contributed by atoms with Gasteiger partial charge in [-0.2, -0.15) is 10.2 Å². The van der Waals surface area contributed by atoms with Crippen molar-refractivity contribution in [3.63, 3.8) is 0 Å². The third kappa shape index (κ3) is 2.22. The molecule has 0 aromatic carbocycles. The Kier molecular flexibility index (Phi) is 2.91. The SMILES string of the molecule is Cn1cc(C(N)CNc2ccnn2C)cn1. The van der Waals surface area contributed by atoms with Crippen LogP contribution in [0, 0.1) is 0 Å². The van der Waals surface area contributed by atoms with E-state index in [1.807, 2.05) is 26.4 Å². The van der Waals surface area contributed by atoms with Crippen molar-refractivity contribution in [3.05, 3.63) is 30.2 Å². The first kappa shape index (κ1) is 10.7. The van der Waals surface area contributed by atoms with Crippen LogP contribution >= 0.6 is 0 Å². The van der Waals surface area contributed by atoms with Gasteiger partial charge in [-0.3, -0.25) is 9.36 Å². The topological polar surface area (TPSA) is 73.7 Å². The van der Waals surface area contributed by atoms with Gasteiger partial charge < -0.3 is 11.1 Å². The predicted octanol–water partition coefficient (Wildman–Crippen LogP) is 0.265. The van der Waals surface area contributed by atoms with E-state index in [1.54, 1.807) is 21.8 Å². The molecule has 3 N–H and O–H groups in total. The number of nitrogens with zero attached hydrogens (tertiary/aromatic N) is 4. The van der Waals surface area contributed by atoms with Crippen LogP contribution in [0.3, 0.4) is 0 Å². The van der Waals surface area contributed by atoms with E-state index in [0.717, 1.165) is 11.4 Å². The molecule has 0 saturated heterocycles. The van der Waals surface area contributed by atoms with Crippen LogP contribution in [0.4, 0.5) is 5.82 Å². The molecule has 0 amide bonds. The van der Waals surface area contributed by atoms with Gasteiger partial charge in [0.15, 0.2) is 0 Å². The van der Waals surface area contributed by atoms with E-state index in [-0.39, 0.29) is 6.04 Å². The van der Waals surface area contributed by atoms with Crippen LogP contribution in [0.15, 0.2) is 24.7 Å². The van der Waals surface area contributed by atoms with Gasteiger partial charge in [-0.15, -0.1) is 0 Å². The summed E-state index contributed by atoms with van der Waals surface area (Å²) >= 11 is 0. The molecule has 0 aliphatic heterocycles. The summed E-state index contributed by atoms with van der Waals surface area (Å²) in [6.07, 6.45) is 5.46. The molecule has 0 aliphatic rings. The zero-order valence-electron chi connectivity index (χ0n) is 9.46. The van der Waals surface area contributed by atoms with Gasteiger partial charge in [0.2, 0.25) is 0 Å². The Labute approximate surface area is 94.1 Å². The van der Waals surface area contributed by atoms with Gasteiger partial charge in [-0.25, -0.2) is 0 Å². The number of aromatic nitrogens is 4. The summed E-state index contributed by atoms with van der Waals surface area (Å²) in [4.78, 5) is 0. The molecular formula is C10H16N6. The molecule has 0 fully saturated rings. The van der Waals surface area contributed by atoms with Crippen LogP contribution in [-0.4, -0.2) is 26.1 Å². The predicted molar refractivity (Wildman–Crippen MR) is 61.8 cm³/mol. The van der Waals surface area contributed by atoms with Gasteiger partial charge in [-0.05, 0) is 0 Å². The first-order valence-corrected chi connectivity index (χ1v) is 5.13. The molecule has 1 atom stereocenters. The molecule has 0 spiro atoms. The van der Waals surface area contributed by atoms with Gasteiger partial charge in [0.25, 0.3) is 0 Å². The fourth-order valence-corrected chi connectivity index (χ4v) is 1.51.